The van der Waals surface area contributed by atoms with Gasteiger partial charge in [0.15, 0.2) is 5.82 Å². The molecular weight excluding hydrogens is 391 g/mol. The second-order valence-corrected chi connectivity index (χ2v) is 7.83. The molecule has 1 N–H and O–H groups in total. The van der Waals surface area contributed by atoms with Crippen molar-refractivity contribution >= 4 is 17.6 Å². The van der Waals surface area contributed by atoms with Gasteiger partial charge in [0.05, 0.1) is 12.1 Å². The van der Waals surface area contributed by atoms with Crippen LogP contribution in [0.25, 0.3) is 0 Å². The number of halogens is 1. The summed E-state index contributed by atoms with van der Waals surface area (Å²) >= 11 is 0. The van der Waals surface area contributed by atoms with E-state index in [0.29, 0.717) is 5.82 Å². The Morgan fingerprint density at radius 2 is 1.93 bits per heavy atom. The van der Waals surface area contributed by atoms with Crippen molar-refractivity contribution in [2.24, 2.45) is 11.8 Å². The Balaban J connectivity index is 1.21. The second kappa shape index (κ2) is 5.68. The van der Waals surface area contributed by atoms with Crippen molar-refractivity contribution in [2.45, 2.75) is 17.9 Å². The molecule has 2 saturated carbocycles. The lowest BCUT2D eigenvalue weighted by molar-refractivity contribution is -0.122. The maximum absolute atomic E-state index is 13.1. The molecule has 1 aromatic carbocycles. The molecule has 2 fully saturated rings. The van der Waals surface area contributed by atoms with Gasteiger partial charge < -0.3 is 9.73 Å². The molecule has 10 heteroatoms. The Labute approximate surface area is 169 Å². The van der Waals surface area contributed by atoms with E-state index in [-0.39, 0.29) is 47.7 Å². The van der Waals surface area contributed by atoms with E-state index in [9.17, 15) is 14.0 Å². The molecule has 150 valence electrons. The molecule has 2 unspecified atom stereocenters. The quantitative estimate of drug-likeness (QED) is 0.689. The van der Waals surface area contributed by atoms with Crippen molar-refractivity contribution in [3.05, 3.63) is 65.5 Å². The number of amides is 2. The van der Waals surface area contributed by atoms with Crippen LogP contribution in [0.1, 0.15) is 33.8 Å². The van der Waals surface area contributed by atoms with Gasteiger partial charge in [-0.15, -0.1) is 10.2 Å². The summed E-state index contributed by atoms with van der Waals surface area (Å²) in [6, 6.07) is 5.89. The maximum atomic E-state index is 13.1. The topological polar surface area (TPSA) is 114 Å². The van der Waals surface area contributed by atoms with Gasteiger partial charge in [0, 0.05) is 37.2 Å². The number of aromatic nitrogens is 4. The normalized spacial score (nSPS) is 27.7. The molecule has 4 aliphatic rings. The van der Waals surface area contributed by atoms with Gasteiger partial charge in [0.1, 0.15) is 11.4 Å². The van der Waals surface area contributed by atoms with Crippen LogP contribution in [-0.2, 0) is 11.2 Å². The Hall–Kier alpha value is -3.69. The summed E-state index contributed by atoms with van der Waals surface area (Å²) in [5, 5.41) is 10.5. The Kier molecular flexibility index (Phi) is 3.26. The SMILES string of the molecule is CN1C(=O)C2(NC(=O)c3nnc(Cc4ccc(F)cc4)o3)C3C(c4nccnc41)C32. The van der Waals surface area contributed by atoms with E-state index in [1.54, 1.807) is 31.6 Å². The summed E-state index contributed by atoms with van der Waals surface area (Å²) in [6.45, 7) is 0. The fraction of sp³-hybridized carbons (Fsp3) is 0.300. The minimum Gasteiger partial charge on any atom is -0.417 e. The van der Waals surface area contributed by atoms with Crippen molar-refractivity contribution in [3.8, 4) is 0 Å². The summed E-state index contributed by atoms with van der Waals surface area (Å²) < 4.78 is 18.5. The number of carbonyl (C=O) groups is 2. The largest absolute Gasteiger partial charge is 0.417 e. The van der Waals surface area contributed by atoms with Gasteiger partial charge in [-0.25, -0.2) is 9.37 Å². The van der Waals surface area contributed by atoms with Crippen LogP contribution in [0, 0.1) is 17.7 Å². The average molecular weight is 406 g/mol. The fourth-order valence-corrected chi connectivity index (χ4v) is 4.69. The lowest BCUT2D eigenvalue weighted by atomic mass is 9.95. The Bertz CT molecular complexity index is 1200. The van der Waals surface area contributed by atoms with Crippen LogP contribution in [0.2, 0.25) is 0 Å². The third kappa shape index (κ3) is 2.21. The van der Waals surface area contributed by atoms with Crippen LogP contribution in [0.3, 0.4) is 0 Å². The van der Waals surface area contributed by atoms with E-state index >= 15 is 0 Å². The summed E-state index contributed by atoms with van der Waals surface area (Å²) in [6.07, 6.45) is 3.43. The molecule has 0 radical (unpaired) electrons. The first-order chi connectivity index (χ1) is 14.5. The molecule has 2 aromatic heterocycles. The average Bonchev–Trinajstić information content (AvgIpc) is 3.61. The van der Waals surface area contributed by atoms with Crippen LogP contribution in [-0.4, -0.2) is 44.6 Å². The number of rotatable bonds is 4. The van der Waals surface area contributed by atoms with E-state index in [1.165, 1.54) is 17.0 Å². The van der Waals surface area contributed by atoms with Crippen molar-refractivity contribution in [2.75, 3.05) is 11.9 Å². The van der Waals surface area contributed by atoms with Crippen molar-refractivity contribution in [1.82, 2.24) is 25.5 Å². The lowest BCUT2D eigenvalue weighted by Crippen LogP contribution is -2.54. The first-order valence-corrected chi connectivity index (χ1v) is 9.49. The molecule has 2 amide bonds. The molecule has 2 atom stereocenters. The van der Waals surface area contributed by atoms with Crippen LogP contribution in [0.4, 0.5) is 10.2 Å². The molecule has 0 saturated heterocycles. The van der Waals surface area contributed by atoms with Crippen LogP contribution in [0.5, 0.6) is 0 Å². The molecule has 7 rings (SSSR count). The molecule has 30 heavy (non-hydrogen) atoms. The fourth-order valence-electron chi connectivity index (χ4n) is 4.69. The smallest absolute Gasteiger partial charge is 0.309 e. The zero-order valence-corrected chi connectivity index (χ0v) is 15.7. The van der Waals surface area contributed by atoms with Gasteiger partial charge in [-0.2, -0.15) is 0 Å². The van der Waals surface area contributed by atoms with Crippen LogP contribution < -0.4 is 10.2 Å². The third-order valence-electron chi connectivity index (χ3n) is 6.21. The zero-order valence-electron chi connectivity index (χ0n) is 15.7. The summed E-state index contributed by atoms with van der Waals surface area (Å²) in [5.41, 5.74) is 0.602. The monoisotopic (exact) mass is 406 g/mol. The summed E-state index contributed by atoms with van der Waals surface area (Å²) in [5.74, 6) is -0.444. The number of carbonyl (C=O) groups excluding carboxylic acids is 2. The molecule has 2 bridgehead atoms. The lowest BCUT2D eigenvalue weighted by Gasteiger charge is -2.25. The second-order valence-electron chi connectivity index (χ2n) is 7.83. The number of nitrogens with zero attached hydrogens (tertiary/aromatic N) is 5. The standard InChI is InChI=1S/C20H15FN6O3/c1-27-16-15(22-6-7-23-16)12-13-14(12)20(13,19(27)29)24-17(28)18-26-25-11(30-18)8-9-2-4-10(21)5-3-9/h2-7,12-14H,8H2,1H3,(H,24,28). The highest BCUT2D eigenvalue weighted by molar-refractivity contribution is 6.10. The number of fused-ring (bicyclic) bond motifs is 1. The number of likely N-dealkylation sites (N-methyl/N-ethyl adjacent to an activating group) is 1. The molecule has 4 heterocycles. The number of benzene rings is 1. The minimum absolute atomic E-state index is 0.0101. The van der Waals surface area contributed by atoms with Crippen molar-refractivity contribution in [3.63, 3.8) is 0 Å². The van der Waals surface area contributed by atoms with Gasteiger partial charge in [0.25, 0.3) is 5.91 Å². The predicted molar refractivity (Wildman–Crippen MR) is 98.9 cm³/mol. The molecular formula is C20H15FN6O3. The Morgan fingerprint density at radius 1 is 1.20 bits per heavy atom. The number of anilines is 1. The Morgan fingerprint density at radius 3 is 2.70 bits per heavy atom. The van der Waals surface area contributed by atoms with Crippen molar-refractivity contribution in [1.29, 1.82) is 0 Å². The molecule has 9 nitrogen and oxygen atoms in total. The first kappa shape index (κ1) is 17.2. The highest BCUT2D eigenvalue weighted by Crippen LogP contribution is 2.81. The van der Waals surface area contributed by atoms with E-state index in [1.807, 2.05) is 0 Å². The number of hydrogen-bond acceptors (Lipinski definition) is 7. The highest BCUT2D eigenvalue weighted by atomic mass is 19.1. The molecule has 3 aromatic rings. The van der Waals surface area contributed by atoms with Gasteiger partial charge >= 0.3 is 11.8 Å². The van der Waals surface area contributed by atoms with Gasteiger partial charge in [-0.3, -0.25) is 19.5 Å². The molecule has 2 aliphatic heterocycles. The molecule has 2 aliphatic carbocycles. The van der Waals surface area contributed by atoms with E-state index in [4.69, 9.17) is 4.42 Å². The van der Waals surface area contributed by atoms with Gasteiger partial charge in [-0.1, -0.05) is 12.1 Å². The van der Waals surface area contributed by atoms with Gasteiger partial charge in [-0.05, 0) is 17.7 Å². The summed E-state index contributed by atoms with van der Waals surface area (Å²) in [4.78, 5) is 35.9. The maximum Gasteiger partial charge on any atom is 0.309 e. The van der Waals surface area contributed by atoms with E-state index in [2.05, 4.69) is 25.5 Å². The van der Waals surface area contributed by atoms with Crippen molar-refractivity contribution < 1.29 is 18.4 Å². The number of nitrogens with one attached hydrogen (secondary N) is 1. The van der Waals surface area contributed by atoms with Crippen LogP contribution in [0.15, 0.2) is 41.1 Å². The van der Waals surface area contributed by atoms with E-state index in [0.717, 1.165) is 11.3 Å². The number of hydrogen-bond donors (Lipinski definition) is 1. The van der Waals surface area contributed by atoms with E-state index < -0.39 is 11.4 Å². The zero-order chi connectivity index (χ0) is 20.6. The third-order valence-corrected chi connectivity index (χ3v) is 6.21. The minimum atomic E-state index is -0.968. The summed E-state index contributed by atoms with van der Waals surface area (Å²) in [7, 11) is 1.64. The predicted octanol–water partition coefficient (Wildman–Crippen LogP) is 1.08. The van der Waals surface area contributed by atoms with Crippen LogP contribution >= 0.6 is 0 Å². The van der Waals surface area contributed by atoms with Gasteiger partial charge in [0.2, 0.25) is 5.89 Å². The first-order valence-electron chi connectivity index (χ1n) is 9.49. The highest BCUT2D eigenvalue weighted by Gasteiger charge is 2.90. The molecule has 0 spiro atoms.